The maximum atomic E-state index is 5.80. The van der Waals surface area contributed by atoms with E-state index >= 15 is 0 Å². The van der Waals surface area contributed by atoms with E-state index < -0.39 is 8.07 Å². The zero-order chi connectivity index (χ0) is 14.8. The Morgan fingerprint density at radius 1 is 1.05 bits per heavy atom. The molecule has 0 saturated heterocycles. The molecule has 1 nitrogen and oxygen atoms in total. The first-order valence-electron chi connectivity index (χ1n) is 7.77. The van der Waals surface area contributed by atoms with E-state index in [9.17, 15) is 0 Å². The van der Waals surface area contributed by atoms with Gasteiger partial charge in [-0.25, -0.2) is 0 Å². The Hall–Kier alpha value is -1.20. The van der Waals surface area contributed by atoms with Crippen LogP contribution >= 0.6 is 0 Å². The molecule has 0 aliphatic rings. The van der Waals surface area contributed by atoms with Crippen LogP contribution in [0.1, 0.15) is 44.6 Å². The summed E-state index contributed by atoms with van der Waals surface area (Å²) in [6.07, 6.45) is 6.36. The molecule has 0 radical (unpaired) electrons. The fourth-order valence-electron chi connectivity index (χ4n) is 1.82. The number of unbranched alkanes of at least 4 members (excludes halogenated alkanes) is 4. The topological polar surface area (TPSA) is 9.23 Å². The van der Waals surface area contributed by atoms with Gasteiger partial charge in [0, 0.05) is 5.56 Å². The normalized spacial score (nSPS) is 10.8. The number of hydrogen-bond donors (Lipinski definition) is 0. The van der Waals surface area contributed by atoms with Crippen LogP contribution in [-0.2, 0) is 0 Å². The van der Waals surface area contributed by atoms with Gasteiger partial charge in [-0.2, -0.15) is 0 Å². The lowest BCUT2D eigenvalue weighted by molar-refractivity contribution is 0.304. The molecule has 2 heteroatoms. The minimum absolute atomic E-state index is 0.814. The van der Waals surface area contributed by atoms with Gasteiger partial charge in [-0.3, -0.25) is 0 Å². The van der Waals surface area contributed by atoms with Gasteiger partial charge in [0.05, 0.1) is 6.61 Å². The van der Waals surface area contributed by atoms with Gasteiger partial charge in [-0.05, 0) is 24.6 Å². The summed E-state index contributed by atoms with van der Waals surface area (Å²) in [7, 11) is -1.30. The van der Waals surface area contributed by atoms with Crippen LogP contribution in [0.4, 0.5) is 0 Å². The molecular weight excluding hydrogens is 260 g/mol. The van der Waals surface area contributed by atoms with Crippen LogP contribution in [-0.4, -0.2) is 14.7 Å². The van der Waals surface area contributed by atoms with Gasteiger partial charge in [0.15, 0.2) is 0 Å². The van der Waals surface area contributed by atoms with Gasteiger partial charge in [0.25, 0.3) is 0 Å². The van der Waals surface area contributed by atoms with E-state index in [1.54, 1.807) is 0 Å². The summed E-state index contributed by atoms with van der Waals surface area (Å²) in [6, 6.07) is 8.16. The van der Waals surface area contributed by atoms with E-state index in [4.69, 9.17) is 4.74 Å². The SMILES string of the molecule is CCCCCCCOc1cccc(C#C[Si](C)(C)C)c1. The van der Waals surface area contributed by atoms with E-state index in [1.807, 2.05) is 12.1 Å². The van der Waals surface area contributed by atoms with E-state index in [2.05, 4.69) is 50.2 Å². The Balaban J connectivity index is 2.41. The van der Waals surface area contributed by atoms with E-state index in [0.29, 0.717) is 0 Å². The van der Waals surface area contributed by atoms with E-state index in [0.717, 1.165) is 24.3 Å². The molecule has 110 valence electrons. The second kappa shape index (κ2) is 8.87. The second-order valence-electron chi connectivity index (χ2n) is 6.29. The molecule has 0 saturated carbocycles. The summed E-state index contributed by atoms with van der Waals surface area (Å²) >= 11 is 0. The van der Waals surface area contributed by atoms with Crippen LogP contribution in [0.15, 0.2) is 24.3 Å². The molecule has 20 heavy (non-hydrogen) atoms. The highest BCUT2D eigenvalue weighted by Crippen LogP contribution is 2.14. The molecule has 0 atom stereocenters. The van der Waals surface area contributed by atoms with Gasteiger partial charge >= 0.3 is 0 Å². The third-order valence-electron chi connectivity index (χ3n) is 2.93. The maximum Gasteiger partial charge on any atom is 0.129 e. The Morgan fingerprint density at radius 2 is 1.80 bits per heavy atom. The molecule has 0 bridgehead atoms. The van der Waals surface area contributed by atoms with Crippen molar-refractivity contribution in [2.75, 3.05) is 6.61 Å². The molecule has 0 aliphatic heterocycles. The highest BCUT2D eigenvalue weighted by molar-refractivity contribution is 6.83. The van der Waals surface area contributed by atoms with Gasteiger partial charge in [0.2, 0.25) is 0 Å². The van der Waals surface area contributed by atoms with Crippen molar-refractivity contribution in [3.63, 3.8) is 0 Å². The summed E-state index contributed by atoms with van der Waals surface area (Å²) < 4.78 is 5.80. The van der Waals surface area contributed by atoms with Crippen molar-refractivity contribution in [1.82, 2.24) is 0 Å². The molecule has 0 unspecified atom stereocenters. The minimum atomic E-state index is -1.30. The number of rotatable bonds is 7. The summed E-state index contributed by atoms with van der Waals surface area (Å²) in [4.78, 5) is 0. The smallest absolute Gasteiger partial charge is 0.129 e. The lowest BCUT2D eigenvalue weighted by Crippen LogP contribution is -2.16. The average molecular weight is 289 g/mol. The maximum absolute atomic E-state index is 5.80. The molecule has 0 N–H and O–H groups in total. The van der Waals surface area contributed by atoms with Crippen molar-refractivity contribution in [2.45, 2.75) is 58.7 Å². The fourth-order valence-corrected chi connectivity index (χ4v) is 2.34. The molecule has 0 aliphatic carbocycles. The fraction of sp³-hybridized carbons (Fsp3) is 0.556. The van der Waals surface area contributed by atoms with Gasteiger partial charge in [0.1, 0.15) is 13.8 Å². The minimum Gasteiger partial charge on any atom is -0.494 e. The number of benzene rings is 1. The van der Waals surface area contributed by atoms with Crippen LogP contribution < -0.4 is 4.74 Å². The summed E-state index contributed by atoms with van der Waals surface area (Å²) in [5, 5.41) is 0. The monoisotopic (exact) mass is 288 g/mol. The van der Waals surface area contributed by atoms with Crippen molar-refractivity contribution >= 4 is 8.07 Å². The molecule has 0 fully saturated rings. The lowest BCUT2D eigenvalue weighted by Gasteiger charge is -2.07. The Kier molecular flexibility index (Phi) is 7.47. The highest BCUT2D eigenvalue weighted by atomic mass is 28.3. The summed E-state index contributed by atoms with van der Waals surface area (Å²) in [5.74, 6) is 4.22. The molecular formula is C18H28OSi. The molecule has 1 aromatic carbocycles. The quantitative estimate of drug-likeness (QED) is 0.377. The zero-order valence-corrected chi connectivity index (χ0v) is 14.5. The van der Waals surface area contributed by atoms with E-state index in [-0.39, 0.29) is 0 Å². The highest BCUT2D eigenvalue weighted by Gasteiger charge is 2.07. The molecule has 1 rings (SSSR count). The van der Waals surface area contributed by atoms with Crippen molar-refractivity contribution in [3.8, 4) is 17.2 Å². The first kappa shape index (κ1) is 16.9. The number of ether oxygens (including phenoxy) is 1. The molecule has 0 aromatic heterocycles. The standard InChI is InChI=1S/C18H28OSi/c1-5-6-7-8-9-14-19-18-12-10-11-17(16-18)13-15-20(2,3)4/h10-12,16H,5-9,14H2,1-4H3. The van der Waals surface area contributed by atoms with Crippen molar-refractivity contribution in [3.05, 3.63) is 29.8 Å². The largest absolute Gasteiger partial charge is 0.494 e. The molecule has 0 spiro atoms. The summed E-state index contributed by atoms with van der Waals surface area (Å²) in [5.41, 5.74) is 4.45. The third-order valence-corrected chi connectivity index (χ3v) is 3.81. The van der Waals surface area contributed by atoms with Gasteiger partial charge in [-0.1, -0.05) is 64.2 Å². The Morgan fingerprint density at radius 3 is 2.50 bits per heavy atom. The van der Waals surface area contributed by atoms with Crippen molar-refractivity contribution < 1.29 is 4.74 Å². The average Bonchev–Trinajstić information content (AvgIpc) is 2.40. The van der Waals surface area contributed by atoms with Crippen LogP contribution in [0.25, 0.3) is 0 Å². The summed E-state index contributed by atoms with van der Waals surface area (Å²) in [6.45, 7) is 9.84. The van der Waals surface area contributed by atoms with Crippen LogP contribution in [0.2, 0.25) is 19.6 Å². The first-order valence-corrected chi connectivity index (χ1v) is 11.3. The number of hydrogen-bond acceptors (Lipinski definition) is 1. The van der Waals surface area contributed by atoms with Crippen LogP contribution in [0, 0.1) is 11.5 Å². The molecule has 1 aromatic rings. The van der Waals surface area contributed by atoms with Gasteiger partial charge in [-0.15, -0.1) is 5.54 Å². The molecule has 0 heterocycles. The van der Waals surface area contributed by atoms with Crippen LogP contribution in [0.5, 0.6) is 5.75 Å². The second-order valence-corrected chi connectivity index (χ2v) is 11.0. The third kappa shape index (κ3) is 8.07. The lowest BCUT2D eigenvalue weighted by atomic mass is 10.2. The Labute approximate surface area is 125 Å². The first-order chi connectivity index (χ1) is 9.51. The van der Waals surface area contributed by atoms with Crippen molar-refractivity contribution in [1.29, 1.82) is 0 Å². The van der Waals surface area contributed by atoms with E-state index in [1.165, 1.54) is 25.7 Å². The van der Waals surface area contributed by atoms with Gasteiger partial charge < -0.3 is 4.74 Å². The van der Waals surface area contributed by atoms with Crippen LogP contribution in [0.3, 0.4) is 0 Å². The Bertz CT molecular complexity index is 448. The molecule has 0 amide bonds. The predicted octanol–water partition coefficient (Wildman–Crippen LogP) is 5.26. The zero-order valence-electron chi connectivity index (χ0n) is 13.5. The van der Waals surface area contributed by atoms with Crippen molar-refractivity contribution in [2.24, 2.45) is 0 Å². The predicted molar refractivity (Wildman–Crippen MR) is 90.9 cm³/mol.